The standard InChI is InChI=1S/C28H33N3O3S/c1-21-17-22(2)19-27(18-21)31(35(3,33)34)20-23-7-9-24(10-8-23)28(32)29-25-11-13-26(14-12-25)30-15-5-4-6-16-30/h7-14,17-19H,4-6,15-16,20H2,1-3H3,(H,29,32). The highest BCUT2D eigenvalue weighted by atomic mass is 32.2. The molecule has 0 aromatic heterocycles. The summed E-state index contributed by atoms with van der Waals surface area (Å²) in [6.07, 6.45) is 4.95. The van der Waals surface area contributed by atoms with E-state index in [2.05, 4.69) is 22.3 Å². The molecule has 1 saturated heterocycles. The van der Waals surface area contributed by atoms with Gasteiger partial charge in [0.15, 0.2) is 0 Å². The van der Waals surface area contributed by atoms with Crippen LogP contribution in [0.2, 0.25) is 0 Å². The number of sulfonamides is 1. The molecular weight excluding hydrogens is 458 g/mol. The Morgan fingerprint density at radius 2 is 1.49 bits per heavy atom. The van der Waals surface area contributed by atoms with E-state index in [-0.39, 0.29) is 12.5 Å². The second kappa shape index (κ2) is 10.5. The third-order valence-corrected chi connectivity index (χ3v) is 7.42. The molecule has 1 N–H and O–H groups in total. The van der Waals surface area contributed by atoms with Crippen LogP contribution in [0.4, 0.5) is 17.1 Å². The lowest BCUT2D eigenvalue weighted by atomic mass is 10.1. The number of carbonyl (C=O) groups excluding carboxylic acids is 1. The Morgan fingerprint density at radius 3 is 2.06 bits per heavy atom. The first-order valence-corrected chi connectivity index (χ1v) is 13.9. The van der Waals surface area contributed by atoms with Gasteiger partial charge in [0.2, 0.25) is 10.0 Å². The lowest BCUT2D eigenvalue weighted by molar-refractivity contribution is 0.102. The van der Waals surface area contributed by atoms with Crippen molar-refractivity contribution in [2.45, 2.75) is 39.7 Å². The Morgan fingerprint density at radius 1 is 0.886 bits per heavy atom. The summed E-state index contributed by atoms with van der Waals surface area (Å²) in [5.41, 5.74) is 5.90. The minimum absolute atomic E-state index is 0.196. The summed E-state index contributed by atoms with van der Waals surface area (Å²) in [5, 5.41) is 2.95. The fraction of sp³-hybridized carbons (Fsp3) is 0.321. The van der Waals surface area contributed by atoms with Gasteiger partial charge in [-0.2, -0.15) is 0 Å². The van der Waals surface area contributed by atoms with Crippen LogP contribution < -0.4 is 14.5 Å². The summed E-state index contributed by atoms with van der Waals surface area (Å²) in [6.45, 7) is 6.26. The van der Waals surface area contributed by atoms with Gasteiger partial charge in [0.25, 0.3) is 5.91 Å². The molecule has 1 amide bonds. The molecule has 0 spiro atoms. The molecule has 6 nitrogen and oxygen atoms in total. The molecule has 0 aliphatic carbocycles. The molecule has 0 saturated carbocycles. The summed E-state index contributed by atoms with van der Waals surface area (Å²) in [7, 11) is -3.48. The number of nitrogens with zero attached hydrogens (tertiary/aromatic N) is 2. The average Bonchev–Trinajstić information content (AvgIpc) is 2.82. The summed E-state index contributed by atoms with van der Waals surface area (Å²) in [6, 6.07) is 20.8. The first-order valence-electron chi connectivity index (χ1n) is 12.0. The highest BCUT2D eigenvalue weighted by Crippen LogP contribution is 2.25. The van der Waals surface area contributed by atoms with E-state index in [0.717, 1.165) is 35.5 Å². The maximum Gasteiger partial charge on any atom is 0.255 e. The predicted octanol–water partition coefficient (Wildman–Crippen LogP) is 5.51. The van der Waals surface area contributed by atoms with Crippen molar-refractivity contribution < 1.29 is 13.2 Å². The highest BCUT2D eigenvalue weighted by Gasteiger charge is 2.19. The number of carbonyl (C=O) groups is 1. The molecule has 0 atom stereocenters. The summed E-state index contributed by atoms with van der Waals surface area (Å²) >= 11 is 0. The molecule has 1 fully saturated rings. The first-order chi connectivity index (χ1) is 16.7. The van der Waals surface area contributed by atoms with E-state index in [1.165, 1.54) is 35.5 Å². The first kappa shape index (κ1) is 24.8. The molecule has 0 bridgehead atoms. The zero-order valence-corrected chi connectivity index (χ0v) is 21.4. The van der Waals surface area contributed by atoms with Gasteiger partial charge < -0.3 is 10.2 Å². The molecule has 7 heteroatoms. The maximum atomic E-state index is 12.8. The van der Waals surface area contributed by atoms with Gasteiger partial charge in [-0.15, -0.1) is 0 Å². The fourth-order valence-corrected chi connectivity index (χ4v) is 5.40. The number of piperidine rings is 1. The SMILES string of the molecule is Cc1cc(C)cc(N(Cc2ccc(C(=O)Nc3ccc(N4CCCCC4)cc3)cc2)S(C)(=O)=O)c1. The fourth-order valence-electron chi connectivity index (χ4n) is 4.53. The summed E-state index contributed by atoms with van der Waals surface area (Å²) in [4.78, 5) is 15.1. The van der Waals surface area contributed by atoms with Gasteiger partial charge in [-0.1, -0.05) is 18.2 Å². The van der Waals surface area contributed by atoms with Crippen molar-refractivity contribution in [3.05, 3.63) is 89.0 Å². The zero-order valence-electron chi connectivity index (χ0n) is 20.6. The van der Waals surface area contributed by atoms with Crippen LogP contribution >= 0.6 is 0 Å². The average molecular weight is 492 g/mol. The van der Waals surface area contributed by atoms with Crippen LogP contribution in [0.1, 0.15) is 46.3 Å². The van der Waals surface area contributed by atoms with Gasteiger partial charge >= 0.3 is 0 Å². The monoisotopic (exact) mass is 491 g/mol. The number of benzene rings is 3. The van der Waals surface area contributed by atoms with Crippen LogP contribution in [-0.2, 0) is 16.6 Å². The lowest BCUT2D eigenvalue weighted by Crippen LogP contribution is -2.29. The Labute approximate surface area is 208 Å². The number of amides is 1. The van der Waals surface area contributed by atoms with E-state index in [4.69, 9.17) is 0 Å². The normalized spacial score (nSPS) is 14.0. The van der Waals surface area contributed by atoms with Crippen molar-refractivity contribution in [3.63, 3.8) is 0 Å². The molecule has 3 aromatic carbocycles. The third-order valence-electron chi connectivity index (χ3n) is 6.28. The smallest absolute Gasteiger partial charge is 0.255 e. The van der Waals surface area contributed by atoms with Crippen molar-refractivity contribution in [1.29, 1.82) is 0 Å². The van der Waals surface area contributed by atoms with E-state index >= 15 is 0 Å². The van der Waals surface area contributed by atoms with Crippen LogP contribution in [0, 0.1) is 13.8 Å². The van der Waals surface area contributed by atoms with E-state index in [1.807, 2.05) is 44.2 Å². The second-order valence-corrected chi connectivity index (χ2v) is 11.3. The molecule has 1 aliphatic rings. The van der Waals surface area contributed by atoms with Crippen molar-refractivity contribution in [1.82, 2.24) is 0 Å². The van der Waals surface area contributed by atoms with Gasteiger partial charge in [-0.05, 0) is 98.3 Å². The Hall–Kier alpha value is -3.32. The quantitative estimate of drug-likeness (QED) is 0.473. The molecule has 1 aliphatic heterocycles. The lowest BCUT2D eigenvalue weighted by Gasteiger charge is -2.28. The van der Waals surface area contributed by atoms with Crippen LogP contribution in [0.25, 0.3) is 0 Å². The zero-order chi connectivity index (χ0) is 25.0. The van der Waals surface area contributed by atoms with Crippen molar-refractivity contribution in [2.24, 2.45) is 0 Å². The van der Waals surface area contributed by atoms with Gasteiger partial charge in [0.05, 0.1) is 18.5 Å². The van der Waals surface area contributed by atoms with Crippen LogP contribution in [0.15, 0.2) is 66.7 Å². The molecule has 1 heterocycles. The minimum atomic E-state index is -3.48. The Kier molecular flexibility index (Phi) is 7.45. The molecule has 3 aromatic rings. The van der Waals surface area contributed by atoms with E-state index < -0.39 is 10.0 Å². The number of rotatable bonds is 7. The van der Waals surface area contributed by atoms with Gasteiger partial charge in [0, 0.05) is 30.0 Å². The van der Waals surface area contributed by atoms with Crippen LogP contribution in [-0.4, -0.2) is 33.7 Å². The Bertz CT molecular complexity index is 1260. The number of hydrogen-bond donors (Lipinski definition) is 1. The minimum Gasteiger partial charge on any atom is -0.372 e. The summed E-state index contributed by atoms with van der Waals surface area (Å²) < 4.78 is 26.4. The molecule has 0 unspecified atom stereocenters. The third kappa shape index (κ3) is 6.42. The topological polar surface area (TPSA) is 69.7 Å². The molecule has 0 radical (unpaired) electrons. The Balaban J connectivity index is 1.43. The molecular formula is C28H33N3O3S. The van der Waals surface area contributed by atoms with Crippen molar-refractivity contribution >= 4 is 33.0 Å². The molecule has 4 rings (SSSR count). The van der Waals surface area contributed by atoms with Crippen molar-refractivity contribution in [3.8, 4) is 0 Å². The largest absolute Gasteiger partial charge is 0.372 e. The number of anilines is 3. The van der Waals surface area contributed by atoms with Crippen molar-refractivity contribution in [2.75, 3.05) is 33.9 Å². The molecule has 184 valence electrons. The van der Waals surface area contributed by atoms with E-state index in [9.17, 15) is 13.2 Å². The maximum absolute atomic E-state index is 12.8. The second-order valence-electron chi connectivity index (χ2n) is 9.36. The van der Waals surface area contributed by atoms with Gasteiger partial charge in [-0.25, -0.2) is 8.42 Å². The van der Waals surface area contributed by atoms with E-state index in [0.29, 0.717) is 11.3 Å². The number of hydrogen-bond acceptors (Lipinski definition) is 4. The van der Waals surface area contributed by atoms with Crippen LogP contribution in [0.5, 0.6) is 0 Å². The van der Waals surface area contributed by atoms with E-state index in [1.54, 1.807) is 24.3 Å². The van der Waals surface area contributed by atoms with Gasteiger partial charge in [-0.3, -0.25) is 9.10 Å². The predicted molar refractivity (Wildman–Crippen MR) is 144 cm³/mol. The van der Waals surface area contributed by atoms with Crippen LogP contribution in [0.3, 0.4) is 0 Å². The summed E-state index contributed by atoms with van der Waals surface area (Å²) in [5.74, 6) is -0.198. The molecule has 35 heavy (non-hydrogen) atoms. The number of aryl methyl sites for hydroxylation is 2. The van der Waals surface area contributed by atoms with Gasteiger partial charge in [0.1, 0.15) is 0 Å². The highest BCUT2D eigenvalue weighted by molar-refractivity contribution is 7.92. The number of nitrogens with one attached hydrogen (secondary N) is 1.